The smallest absolute Gasteiger partial charge is 0.00926 e. The zero-order valence-electron chi connectivity index (χ0n) is 5.77. The second kappa shape index (κ2) is 1.45. The van der Waals surface area contributed by atoms with Gasteiger partial charge in [0.05, 0.1) is 0 Å². The van der Waals surface area contributed by atoms with Crippen LogP contribution in [-0.4, -0.2) is 0 Å². The third-order valence-electron chi connectivity index (χ3n) is 3.11. The number of allylic oxidation sites excluding steroid dienone is 6. The Morgan fingerprint density at radius 3 is 1.30 bits per heavy atom. The van der Waals surface area contributed by atoms with E-state index in [2.05, 4.69) is 36.5 Å². The molecule has 1 saturated carbocycles. The van der Waals surface area contributed by atoms with Crippen LogP contribution in [0.4, 0.5) is 0 Å². The van der Waals surface area contributed by atoms with Gasteiger partial charge in [-0.05, 0) is 23.7 Å². The fourth-order valence-electron chi connectivity index (χ4n) is 2.40. The summed E-state index contributed by atoms with van der Waals surface area (Å²) in [5.41, 5.74) is 0. The van der Waals surface area contributed by atoms with Crippen LogP contribution in [0.2, 0.25) is 0 Å². The van der Waals surface area contributed by atoms with Crippen molar-refractivity contribution in [1.29, 1.82) is 0 Å². The Balaban J connectivity index is 1.99. The Morgan fingerprint density at radius 2 is 0.900 bits per heavy atom. The summed E-state index contributed by atoms with van der Waals surface area (Å²) in [6, 6.07) is 0. The average Bonchev–Trinajstić information content (AvgIpc) is 1.90. The summed E-state index contributed by atoms with van der Waals surface area (Å²) in [6.07, 6.45) is 13.8. The highest BCUT2D eigenvalue weighted by atomic mass is 14.5. The summed E-state index contributed by atoms with van der Waals surface area (Å²) in [5, 5.41) is 0. The van der Waals surface area contributed by atoms with Crippen molar-refractivity contribution >= 4 is 0 Å². The predicted molar refractivity (Wildman–Crippen MR) is 41.4 cm³/mol. The van der Waals surface area contributed by atoms with Gasteiger partial charge in [0.15, 0.2) is 0 Å². The van der Waals surface area contributed by atoms with Crippen LogP contribution in [0.25, 0.3) is 0 Å². The molecule has 0 bridgehead atoms. The van der Waals surface area contributed by atoms with Gasteiger partial charge in [-0.25, -0.2) is 0 Å². The van der Waals surface area contributed by atoms with E-state index in [4.69, 9.17) is 0 Å². The molecule has 0 spiro atoms. The number of rotatable bonds is 0. The molecule has 10 heavy (non-hydrogen) atoms. The number of fused-ring (bicyclic) bond motifs is 4. The normalized spacial score (nSPS) is 52.8. The number of hydrogen-bond donors (Lipinski definition) is 0. The monoisotopic (exact) mass is 130 g/mol. The second-order valence-electron chi connectivity index (χ2n) is 3.46. The van der Waals surface area contributed by atoms with Crippen molar-refractivity contribution in [2.24, 2.45) is 23.7 Å². The van der Waals surface area contributed by atoms with Gasteiger partial charge in [-0.1, -0.05) is 36.5 Å². The predicted octanol–water partition coefficient (Wildman–Crippen LogP) is 2.16. The van der Waals surface area contributed by atoms with Gasteiger partial charge >= 0.3 is 0 Å². The van der Waals surface area contributed by atoms with Crippen molar-refractivity contribution in [1.82, 2.24) is 0 Å². The van der Waals surface area contributed by atoms with Crippen LogP contribution in [0.5, 0.6) is 0 Å². The van der Waals surface area contributed by atoms with Gasteiger partial charge in [-0.15, -0.1) is 0 Å². The van der Waals surface area contributed by atoms with E-state index in [1.165, 1.54) is 0 Å². The summed E-state index contributed by atoms with van der Waals surface area (Å²) < 4.78 is 0. The van der Waals surface area contributed by atoms with Crippen molar-refractivity contribution in [2.45, 2.75) is 0 Å². The van der Waals surface area contributed by atoms with E-state index in [0.717, 1.165) is 23.7 Å². The van der Waals surface area contributed by atoms with Gasteiger partial charge < -0.3 is 0 Å². The molecule has 3 aliphatic carbocycles. The minimum atomic E-state index is 0.861. The molecule has 0 heterocycles. The van der Waals surface area contributed by atoms with Gasteiger partial charge in [0.2, 0.25) is 0 Å². The van der Waals surface area contributed by atoms with Crippen molar-refractivity contribution in [2.75, 3.05) is 0 Å². The topological polar surface area (TPSA) is 0 Å². The Hall–Kier alpha value is -0.780. The fraction of sp³-hybridized carbons (Fsp3) is 0.400. The molecule has 0 heteroatoms. The zero-order chi connectivity index (χ0) is 6.55. The van der Waals surface area contributed by atoms with E-state index in [9.17, 15) is 0 Å². The SMILES string of the molecule is C1=CC2C(C=C1)C1C=CC21. The largest absolute Gasteiger partial charge is 0.0839 e. The average molecular weight is 130 g/mol. The Bertz CT molecular complexity index is 219. The minimum Gasteiger partial charge on any atom is -0.0839 e. The maximum absolute atomic E-state index is 2.36. The van der Waals surface area contributed by atoms with E-state index < -0.39 is 0 Å². The maximum atomic E-state index is 2.36. The molecule has 0 aromatic heterocycles. The molecule has 0 radical (unpaired) electrons. The van der Waals surface area contributed by atoms with Crippen molar-refractivity contribution in [3.05, 3.63) is 36.5 Å². The van der Waals surface area contributed by atoms with Crippen molar-refractivity contribution in [3.8, 4) is 0 Å². The minimum absolute atomic E-state index is 0.861. The third-order valence-corrected chi connectivity index (χ3v) is 3.11. The van der Waals surface area contributed by atoms with E-state index in [1.807, 2.05) is 0 Å². The fourth-order valence-corrected chi connectivity index (χ4v) is 2.40. The third kappa shape index (κ3) is 0.377. The van der Waals surface area contributed by atoms with Gasteiger partial charge in [0.1, 0.15) is 0 Å². The summed E-state index contributed by atoms with van der Waals surface area (Å²) >= 11 is 0. The van der Waals surface area contributed by atoms with Crippen LogP contribution in [0.1, 0.15) is 0 Å². The summed E-state index contributed by atoms with van der Waals surface area (Å²) in [4.78, 5) is 0. The Labute approximate surface area is 60.9 Å². The summed E-state index contributed by atoms with van der Waals surface area (Å²) in [5.74, 6) is 3.54. The second-order valence-corrected chi connectivity index (χ2v) is 3.46. The molecule has 1 fully saturated rings. The molecule has 0 aliphatic heterocycles. The van der Waals surface area contributed by atoms with Crippen LogP contribution >= 0.6 is 0 Å². The zero-order valence-corrected chi connectivity index (χ0v) is 5.77. The van der Waals surface area contributed by atoms with E-state index in [1.54, 1.807) is 0 Å². The molecular formula is C10H10. The first-order valence-electron chi connectivity index (χ1n) is 4.00. The molecule has 3 rings (SSSR count). The Morgan fingerprint density at radius 1 is 0.500 bits per heavy atom. The molecule has 50 valence electrons. The van der Waals surface area contributed by atoms with Crippen molar-refractivity contribution < 1.29 is 0 Å². The quantitative estimate of drug-likeness (QED) is 0.441. The summed E-state index contributed by atoms with van der Waals surface area (Å²) in [6.45, 7) is 0. The highest BCUT2D eigenvalue weighted by Gasteiger charge is 2.49. The molecule has 0 aromatic rings. The van der Waals surface area contributed by atoms with Crippen LogP contribution in [0.3, 0.4) is 0 Å². The molecule has 0 nitrogen and oxygen atoms in total. The van der Waals surface area contributed by atoms with Crippen LogP contribution < -0.4 is 0 Å². The first kappa shape index (κ1) is 4.95. The van der Waals surface area contributed by atoms with Crippen LogP contribution in [0, 0.1) is 23.7 Å². The lowest BCUT2D eigenvalue weighted by Gasteiger charge is -2.53. The molecule has 0 N–H and O–H groups in total. The molecular weight excluding hydrogens is 120 g/mol. The first-order chi connectivity index (χ1) is 4.97. The van der Waals surface area contributed by atoms with E-state index in [0.29, 0.717) is 0 Å². The van der Waals surface area contributed by atoms with Crippen molar-refractivity contribution in [3.63, 3.8) is 0 Å². The highest BCUT2D eigenvalue weighted by molar-refractivity contribution is 5.32. The first-order valence-corrected chi connectivity index (χ1v) is 4.00. The summed E-state index contributed by atoms with van der Waals surface area (Å²) in [7, 11) is 0. The van der Waals surface area contributed by atoms with E-state index in [-0.39, 0.29) is 0 Å². The molecule has 0 saturated heterocycles. The number of hydrogen-bond acceptors (Lipinski definition) is 0. The van der Waals surface area contributed by atoms with Gasteiger partial charge in [-0.3, -0.25) is 0 Å². The van der Waals surface area contributed by atoms with Gasteiger partial charge in [-0.2, -0.15) is 0 Å². The van der Waals surface area contributed by atoms with Crippen LogP contribution in [0.15, 0.2) is 36.5 Å². The lowest BCUT2D eigenvalue weighted by Crippen LogP contribution is -2.47. The highest BCUT2D eigenvalue weighted by Crippen LogP contribution is 2.55. The van der Waals surface area contributed by atoms with Gasteiger partial charge in [0.25, 0.3) is 0 Å². The maximum Gasteiger partial charge on any atom is -0.00926 e. The molecule has 0 aromatic carbocycles. The lowest BCUT2D eigenvalue weighted by atomic mass is 9.50. The molecule has 0 amide bonds. The molecule has 3 aliphatic rings. The standard InChI is InChI=1S/C10H10/c1-2-4-8-7(3-1)9-5-6-10(8)9/h1-10H. The van der Waals surface area contributed by atoms with Gasteiger partial charge in [0, 0.05) is 0 Å². The lowest BCUT2D eigenvalue weighted by molar-refractivity contribution is 0.0942. The Kier molecular flexibility index (Phi) is 0.715. The van der Waals surface area contributed by atoms with E-state index >= 15 is 0 Å². The molecule has 0 unspecified atom stereocenters. The van der Waals surface area contributed by atoms with Crippen LogP contribution in [-0.2, 0) is 0 Å². The molecule has 0 atom stereocenters.